The molecule has 0 aliphatic carbocycles. The number of hydrogen-bond acceptors (Lipinski definition) is 5. The summed E-state index contributed by atoms with van der Waals surface area (Å²) < 4.78 is 0. The van der Waals surface area contributed by atoms with Crippen molar-refractivity contribution in [3.63, 3.8) is 0 Å². The van der Waals surface area contributed by atoms with Crippen LogP contribution in [0.3, 0.4) is 0 Å². The summed E-state index contributed by atoms with van der Waals surface area (Å²) in [6.45, 7) is 2.00. The predicted molar refractivity (Wildman–Crippen MR) is 51.2 cm³/mol. The first kappa shape index (κ1) is 11.8. The first-order valence-electron chi connectivity index (χ1n) is 3.72. The highest BCUT2D eigenvalue weighted by Crippen LogP contribution is 1.68. The Bertz CT molecular complexity index is 205. The van der Waals surface area contributed by atoms with Gasteiger partial charge in [-0.05, 0) is 24.3 Å². The molecule has 0 unspecified atom stereocenters. The minimum Gasteiger partial charge on any atom is -0.307 e. The summed E-state index contributed by atoms with van der Waals surface area (Å²) in [6, 6.07) is 7.31. The number of aromatic nitrogens is 4. The zero-order valence-corrected chi connectivity index (χ0v) is 7.52. The number of carbonyl (C=O) groups is 1. The summed E-state index contributed by atoms with van der Waals surface area (Å²) >= 11 is 0. The molecular weight excluding hydrogens is 180 g/mol. The molecule has 5 heteroatoms. The Morgan fingerprint density at radius 3 is 0.857 bits per heavy atom. The number of rotatable bonds is 0. The van der Waals surface area contributed by atoms with Gasteiger partial charge in [-0.3, -0.25) is 0 Å². The van der Waals surface area contributed by atoms with Crippen molar-refractivity contribution in [2.24, 2.45) is 0 Å². The molecule has 72 valence electrons. The molecule has 0 atom stereocenters. The van der Waals surface area contributed by atoms with Crippen molar-refractivity contribution in [3.8, 4) is 0 Å². The number of nitrogens with zero attached hydrogens (tertiary/aromatic N) is 4. The predicted octanol–water partition coefficient (Wildman–Crippen LogP) is 0.768. The quantitative estimate of drug-likeness (QED) is 0.613. The van der Waals surface area contributed by atoms with Crippen LogP contribution in [0, 0.1) is 0 Å². The van der Waals surface area contributed by atoms with Crippen LogP contribution < -0.4 is 0 Å². The van der Waals surface area contributed by atoms with Gasteiger partial charge in [-0.1, -0.05) is 0 Å². The van der Waals surface area contributed by atoms with Gasteiger partial charge < -0.3 is 4.79 Å². The molecule has 2 aromatic heterocycles. The fourth-order valence-corrected chi connectivity index (χ4v) is 0.507. The highest BCUT2D eigenvalue weighted by Gasteiger charge is 1.60. The van der Waals surface area contributed by atoms with E-state index in [0.29, 0.717) is 0 Å². The molecule has 2 rings (SSSR count). The van der Waals surface area contributed by atoms with Gasteiger partial charge in [-0.2, -0.15) is 20.4 Å². The first-order chi connectivity index (χ1) is 7.00. The molecule has 0 saturated carbocycles. The minimum atomic E-state index is 1.64. The Morgan fingerprint density at radius 1 is 0.571 bits per heavy atom. The van der Waals surface area contributed by atoms with Crippen molar-refractivity contribution in [2.75, 3.05) is 0 Å². The van der Waals surface area contributed by atoms with Crippen LogP contribution in [0.15, 0.2) is 49.1 Å². The summed E-state index contributed by atoms with van der Waals surface area (Å²) in [6.07, 6.45) is 6.56. The molecule has 0 amide bonds. The molecule has 5 nitrogen and oxygen atoms in total. The van der Waals surface area contributed by atoms with E-state index in [4.69, 9.17) is 4.79 Å². The van der Waals surface area contributed by atoms with E-state index < -0.39 is 0 Å². The molecule has 0 aliphatic rings. The van der Waals surface area contributed by atoms with Crippen molar-refractivity contribution in [2.45, 2.75) is 0 Å². The normalized spacial score (nSPS) is 7.14. The third-order valence-corrected chi connectivity index (χ3v) is 0.966. The molecule has 0 spiro atoms. The largest absolute Gasteiger partial charge is 0.307 e. The summed E-state index contributed by atoms with van der Waals surface area (Å²) in [5.41, 5.74) is 0. The lowest BCUT2D eigenvalue weighted by molar-refractivity contribution is -0.0979. The third kappa shape index (κ3) is 7.93. The van der Waals surface area contributed by atoms with E-state index in [1.54, 1.807) is 24.8 Å². The molecule has 0 aromatic carbocycles. The van der Waals surface area contributed by atoms with Crippen molar-refractivity contribution in [3.05, 3.63) is 49.1 Å². The second-order valence-corrected chi connectivity index (χ2v) is 1.83. The summed E-state index contributed by atoms with van der Waals surface area (Å²) in [5.74, 6) is 0. The van der Waals surface area contributed by atoms with Gasteiger partial charge in [0.05, 0.1) is 0 Å². The lowest BCUT2D eigenvalue weighted by Gasteiger charge is -1.69. The molecule has 0 N–H and O–H groups in total. The number of carbonyl (C=O) groups excluding carboxylic acids is 1. The van der Waals surface area contributed by atoms with Crippen molar-refractivity contribution in [1.29, 1.82) is 0 Å². The van der Waals surface area contributed by atoms with Crippen LogP contribution in [0.25, 0.3) is 0 Å². The van der Waals surface area contributed by atoms with Gasteiger partial charge in [0.15, 0.2) is 0 Å². The fourth-order valence-electron chi connectivity index (χ4n) is 0.507. The SMILES string of the molecule is C=O.c1ccnnc1.c1ccnnc1. The Kier molecular flexibility index (Phi) is 9.15. The zero-order chi connectivity index (χ0) is 10.5. The minimum absolute atomic E-state index is 1.64. The van der Waals surface area contributed by atoms with Crippen LogP contribution >= 0.6 is 0 Å². The number of hydrogen-bond donors (Lipinski definition) is 0. The molecule has 14 heavy (non-hydrogen) atoms. The van der Waals surface area contributed by atoms with Crippen LogP contribution in [0.2, 0.25) is 0 Å². The van der Waals surface area contributed by atoms with E-state index in [1.807, 2.05) is 31.1 Å². The average molecular weight is 190 g/mol. The highest BCUT2D eigenvalue weighted by molar-refractivity contribution is 5.10. The lowest BCUT2D eigenvalue weighted by Crippen LogP contribution is -1.69. The van der Waals surface area contributed by atoms with Crippen molar-refractivity contribution in [1.82, 2.24) is 20.4 Å². The molecule has 0 aliphatic heterocycles. The van der Waals surface area contributed by atoms with Gasteiger partial charge in [0.25, 0.3) is 0 Å². The molecule has 0 radical (unpaired) electrons. The van der Waals surface area contributed by atoms with E-state index in [2.05, 4.69) is 20.4 Å². The van der Waals surface area contributed by atoms with Crippen molar-refractivity contribution < 1.29 is 4.79 Å². The Labute approximate surface area is 81.8 Å². The monoisotopic (exact) mass is 190 g/mol. The molecule has 2 heterocycles. The first-order valence-corrected chi connectivity index (χ1v) is 3.72. The van der Waals surface area contributed by atoms with Gasteiger partial charge in [-0.15, -0.1) is 0 Å². The Balaban J connectivity index is 0.000000206. The smallest absolute Gasteiger partial charge is 0.106 e. The van der Waals surface area contributed by atoms with Crippen LogP contribution in [0.5, 0.6) is 0 Å². The fraction of sp³-hybridized carbons (Fsp3) is 0. The highest BCUT2D eigenvalue weighted by atomic mass is 16.1. The van der Waals surface area contributed by atoms with E-state index in [0.717, 1.165) is 0 Å². The Morgan fingerprint density at radius 2 is 0.786 bits per heavy atom. The van der Waals surface area contributed by atoms with Gasteiger partial charge in [0, 0.05) is 24.8 Å². The molecule has 0 bridgehead atoms. The second-order valence-electron chi connectivity index (χ2n) is 1.83. The lowest BCUT2D eigenvalue weighted by atomic mass is 10.6. The molecule has 0 saturated heterocycles. The third-order valence-electron chi connectivity index (χ3n) is 0.966. The summed E-state index contributed by atoms with van der Waals surface area (Å²) in [4.78, 5) is 8.00. The van der Waals surface area contributed by atoms with Gasteiger partial charge >= 0.3 is 0 Å². The van der Waals surface area contributed by atoms with Gasteiger partial charge in [0.2, 0.25) is 0 Å². The van der Waals surface area contributed by atoms with Crippen LogP contribution in [0.4, 0.5) is 0 Å². The van der Waals surface area contributed by atoms with E-state index in [1.165, 1.54) is 0 Å². The van der Waals surface area contributed by atoms with Crippen molar-refractivity contribution >= 4 is 6.79 Å². The summed E-state index contributed by atoms with van der Waals surface area (Å²) in [7, 11) is 0. The van der Waals surface area contributed by atoms with Crippen LogP contribution in [-0.4, -0.2) is 27.2 Å². The van der Waals surface area contributed by atoms with Gasteiger partial charge in [0.1, 0.15) is 6.79 Å². The topological polar surface area (TPSA) is 68.6 Å². The van der Waals surface area contributed by atoms with E-state index in [9.17, 15) is 0 Å². The van der Waals surface area contributed by atoms with Gasteiger partial charge in [-0.25, -0.2) is 0 Å². The van der Waals surface area contributed by atoms with E-state index >= 15 is 0 Å². The van der Waals surface area contributed by atoms with Crippen LogP contribution in [0.1, 0.15) is 0 Å². The maximum atomic E-state index is 8.00. The molecule has 0 fully saturated rings. The standard InChI is InChI=1S/2C4H4N2.CH2O/c2*1-2-4-6-5-3-1;1-2/h2*1-4H;1H2. The zero-order valence-electron chi connectivity index (χ0n) is 7.52. The maximum absolute atomic E-state index is 8.00. The van der Waals surface area contributed by atoms with E-state index in [-0.39, 0.29) is 0 Å². The average Bonchev–Trinajstić information content (AvgIpc) is 2.37. The second kappa shape index (κ2) is 10.8. The molecule has 2 aromatic rings. The maximum Gasteiger partial charge on any atom is 0.106 e. The van der Waals surface area contributed by atoms with Crippen LogP contribution in [-0.2, 0) is 4.79 Å². The molecular formula is C9H10N4O. The Hall–Kier alpha value is -2.17. The summed E-state index contributed by atoms with van der Waals surface area (Å²) in [5, 5.41) is 14.1.